The second-order valence-electron chi connectivity index (χ2n) is 22.1. The van der Waals surface area contributed by atoms with Crippen molar-refractivity contribution >= 4 is 11.9 Å². The van der Waals surface area contributed by atoms with Gasteiger partial charge in [-0.05, 0) is 51.4 Å². The van der Waals surface area contributed by atoms with Gasteiger partial charge in [-0.2, -0.15) is 0 Å². The van der Waals surface area contributed by atoms with Crippen LogP contribution in [0, 0.1) is 0 Å². The van der Waals surface area contributed by atoms with Gasteiger partial charge in [0.15, 0.2) is 0 Å². The summed E-state index contributed by atoms with van der Waals surface area (Å²) in [6, 6.07) is -0.546. The maximum Gasteiger partial charge on any atom is 0.305 e. The van der Waals surface area contributed by atoms with Crippen molar-refractivity contribution in [2.75, 3.05) is 13.2 Å². The van der Waals surface area contributed by atoms with Gasteiger partial charge < -0.3 is 20.3 Å². The Morgan fingerprint density at radius 2 is 0.671 bits per heavy atom. The highest BCUT2D eigenvalue weighted by Gasteiger charge is 2.20. The summed E-state index contributed by atoms with van der Waals surface area (Å²) in [5, 5.41) is 23.4. The lowest BCUT2D eigenvalue weighted by atomic mass is 10.0. The Labute approximate surface area is 438 Å². The average Bonchev–Trinajstić information content (AvgIpc) is 3.36. The molecule has 0 rings (SSSR count). The van der Waals surface area contributed by atoms with E-state index in [1.165, 1.54) is 283 Å². The van der Waals surface area contributed by atoms with E-state index in [2.05, 4.69) is 31.3 Å². The number of hydrogen-bond donors (Lipinski definition) is 3. The van der Waals surface area contributed by atoms with E-state index in [0.717, 1.165) is 44.9 Å². The van der Waals surface area contributed by atoms with Gasteiger partial charge in [-0.1, -0.05) is 309 Å². The van der Waals surface area contributed by atoms with Crippen LogP contribution in [-0.2, 0) is 14.3 Å². The van der Waals surface area contributed by atoms with Crippen LogP contribution in [0.15, 0.2) is 12.2 Å². The third-order valence-electron chi connectivity index (χ3n) is 15.1. The van der Waals surface area contributed by atoms with Crippen molar-refractivity contribution in [3.8, 4) is 0 Å². The number of aliphatic hydroxyl groups is 2. The number of aliphatic hydroxyl groups excluding tert-OH is 2. The van der Waals surface area contributed by atoms with Crippen molar-refractivity contribution in [1.29, 1.82) is 0 Å². The molecule has 6 nitrogen and oxygen atoms in total. The van der Waals surface area contributed by atoms with Crippen LogP contribution in [-0.4, -0.2) is 47.4 Å². The number of ether oxygens (including phenoxy) is 1. The normalized spacial score (nSPS) is 12.6. The molecule has 6 heteroatoms. The SMILES string of the molecule is CCCCCCCC/C=C\CCCCCCCC(=O)OCCCCCCCCCCCCCCCCCCCC(=O)NC(CO)C(O)CCCCCCCCCCCCCCCCCCCCCCC. The molecule has 70 heavy (non-hydrogen) atoms. The lowest BCUT2D eigenvalue weighted by molar-refractivity contribution is -0.143. The standard InChI is InChI=1S/C64H125NO5/c1-3-5-7-9-11-13-15-17-19-20-21-22-23-25-29-32-36-40-44-48-52-56-62(67)61(60-66)65-63(68)57-53-49-45-41-37-33-30-26-24-27-31-35-39-43-47-51-55-59-70-64(69)58-54-50-46-42-38-34-28-18-16-14-12-10-8-6-4-2/h18,28,61-62,66-67H,3-17,19-27,29-60H2,1-2H3,(H,65,68)/b28-18-. The molecule has 0 aliphatic carbocycles. The minimum Gasteiger partial charge on any atom is -0.466 e. The Morgan fingerprint density at radius 3 is 1.01 bits per heavy atom. The number of allylic oxidation sites excluding steroid dienone is 2. The van der Waals surface area contributed by atoms with Gasteiger partial charge in [-0.15, -0.1) is 0 Å². The maximum absolute atomic E-state index is 12.5. The van der Waals surface area contributed by atoms with Crippen LogP contribution in [0.5, 0.6) is 0 Å². The van der Waals surface area contributed by atoms with Gasteiger partial charge >= 0.3 is 5.97 Å². The monoisotopic (exact) mass is 988 g/mol. The highest BCUT2D eigenvalue weighted by atomic mass is 16.5. The first-order valence-corrected chi connectivity index (χ1v) is 31.9. The number of rotatable bonds is 60. The molecule has 0 fully saturated rings. The zero-order valence-corrected chi connectivity index (χ0v) is 47.5. The first-order chi connectivity index (χ1) is 34.5. The van der Waals surface area contributed by atoms with Crippen LogP contribution < -0.4 is 5.32 Å². The van der Waals surface area contributed by atoms with Crippen LogP contribution in [0.2, 0.25) is 0 Å². The Morgan fingerprint density at radius 1 is 0.386 bits per heavy atom. The van der Waals surface area contributed by atoms with E-state index in [-0.39, 0.29) is 18.5 Å². The maximum atomic E-state index is 12.5. The Kier molecular flexibility index (Phi) is 59.0. The number of nitrogens with one attached hydrogen (secondary N) is 1. The molecule has 1 amide bonds. The predicted molar refractivity (Wildman–Crippen MR) is 306 cm³/mol. The highest BCUT2D eigenvalue weighted by Crippen LogP contribution is 2.18. The van der Waals surface area contributed by atoms with Crippen LogP contribution in [0.4, 0.5) is 0 Å². The molecule has 0 heterocycles. The summed E-state index contributed by atoms with van der Waals surface area (Å²) in [7, 11) is 0. The van der Waals surface area contributed by atoms with Gasteiger partial charge in [-0.25, -0.2) is 0 Å². The van der Waals surface area contributed by atoms with Gasteiger partial charge in [0.05, 0.1) is 25.4 Å². The van der Waals surface area contributed by atoms with Gasteiger partial charge in [0.25, 0.3) is 0 Å². The first-order valence-electron chi connectivity index (χ1n) is 31.9. The fraction of sp³-hybridized carbons (Fsp3) is 0.938. The quantitative estimate of drug-likeness (QED) is 0.0321. The molecular weight excluding hydrogens is 863 g/mol. The van der Waals surface area contributed by atoms with E-state index in [1.54, 1.807) is 0 Å². The molecule has 0 spiro atoms. The highest BCUT2D eigenvalue weighted by molar-refractivity contribution is 5.76. The number of hydrogen-bond acceptors (Lipinski definition) is 5. The number of carbonyl (C=O) groups is 2. The Balaban J connectivity index is 3.41. The summed E-state index contributed by atoms with van der Waals surface area (Å²) < 4.78 is 5.48. The fourth-order valence-corrected chi connectivity index (χ4v) is 10.2. The van der Waals surface area contributed by atoms with Gasteiger partial charge in [0.2, 0.25) is 5.91 Å². The van der Waals surface area contributed by atoms with Gasteiger partial charge in [0.1, 0.15) is 0 Å². The average molecular weight is 989 g/mol. The van der Waals surface area contributed by atoms with E-state index in [4.69, 9.17) is 4.74 Å². The number of unbranched alkanes of at least 4 members (excludes halogenated alkanes) is 47. The topological polar surface area (TPSA) is 95.9 Å². The molecule has 2 atom stereocenters. The summed E-state index contributed by atoms with van der Waals surface area (Å²) in [6.45, 7) is 4.97. The van der Waals surface area contributed by atoms with E-state index in [0.29, 0.717) is 25.9 Å². The third kappa shape index (κ3) is 55.9. The smallest absolute Gasteiger partial charge is 0.305 e. The molecule has 0 aromatic rings. The minimum atomic E-state index is -0.668. The molecule has 0 saturated heterocycles. The summed E-state index contributed by atoms with van der Waals surface area (Å²) in [5.74, 6) is -0.0377. The summed E-state index contributed by atoms with van der Waals surface area (Å²) in [6.07, 6.45) is 72.2. The molecule has 0 bridgehead atoms. The molecule has 0 aromatic carbocycles. The molecule has 416 valence electrons. The van der Waals surface area contributed by atoms with Crippen LogP contribution in [0.25, 0.3) is 0 Å². The number of carbonyl (C=O) groups excluding carboxylic acids is 2. The van der Waals surface area contributed by atoms with Crippen LogP contribution in [0.3, 0.4) is 0 Å². The van der Waals surface area contributed by atoms with E-state index in [9.17, 15) is 19.8 Å². The molecule has 0 aliphatic heterocycles. The van der Waals surface area contributed by atoms with E-state index >= 15 is 0 Å². The molecule has 0 aromatic heterocycles. The lowest BCUT2D eigenvalue weighted by Crippen LogP contribution is -2.45. The summed E-state index contributed by atoms with van der Waals surface area (Å²) >= 11 is 0. The molecule has 3 N–H and O–H groups in total. The van der Waals surface area contributed by atoms with Crippen molar-refractivity contribution in [2.45, 2.75) is 373 Å². The minimum absolute atomic E-state index is 0.00138. The van der Waals surface area contributed by atoms with Crippen molar-refractivity contribution < 1.29 is 24.5 Å². The lowest BCUT2D eigenvalue weighted by Gasteiger charge is -2.22. The summed E-state index contributed by atoms with van der Waals surface area (Å²) in [5.41, 5.74) is 0. The van der Waals surface area contributed by atoms with Crippen molar-refractivity contribution in [3.63, 3.8) is 0 Å². The Hall–Kier alpha value is -1.40. The van der Waals surface area contributed by atoms with Crippen molar-refractivity contribution in [3.05, 3.63) is 12.2 Å². The third-order valence-corrected chi connectivity index (χ3v) is 15.1. The van der Waals surface area contributed by atoms with E-state index in [1.807, 2.05) is 0 Å². The Bertz CT molecular complexity index is 1050. The molecular formula is C64H125NO5. The van der Waals surface area contributed by atoms with Crippen molar-refractivity contribution in [2.24, 2.45) is 0 Å². The second kappa shape index (κ2) is 60.2. The predicted octanol–water partition coefficient (Wildman–Crippen LogP) is 20.0. The fourth-order valence-electron chi connectivity index (χ4n) is 10.2. The number of esters is 1. The molecule has 2 unspecified atom stereocenters. The largest absolute Gasteiger partial charge is 0.466 e. The first kappa shape index (κ1) is 68.6. The van der Waals surface area contributed by atoms with Crippen molar-refractivity contribution in [1.82, 2.24) is 5.32 Å². The van der Waals surface area contributed by atoms with Crippen LogP contribution in [0.1, 0.15) is 361 Å². The van der Waals surface area contributed by atoms with E-state index < -0.39 is 12.1 Å². The second-order valence-corrected chi connectivity index (χ2v) is 22.1. The summed E-state index contributed by atoms with van der Waals surface area (Å²) in [4.78, 5) is 24.6. The van der Waals surface area contributed by atoms with Crippen LogP contribution >= 0.6 is 0 Å². The zero-order chi connectivity index (χ0) is 50.7. The zero-order valence-electron chi connectivity index (χ0n) is 47.5. The van der Waals surface area contributed by atoms with Gasteiger partial charge in [-0.3, -0.25) is 9.59 Å². The number of amides is 1. The van der Waals surface area contributed by atoms with Gasteiger partial charge in [0, 0.05) is 12.8 Å². The molecule has 0 radical (unpaired) electrons. The molecule has 0 aliphatic rings. The molecule has 0 saturated carbocycles.